The van der Waals surface area contributed by atoms with Crippen molar-refractivity contribution in [2.75, 3.05) is 13.2 Å². The lowest BCUT2D eigenvalue weighted by atomic mass is 10.0. The second-order valence-electron chi connectivity index (χ2n) is 19.9. The van der Waals surface area contributed by atoms with Gasteiger partial charge in [-0.15, -0.1) is 0 Å². The van der Waals surface area contributed by atoms with Crippen molar-refractivity contribution in [2.45, 2.75) is 303 Å². The van der Waals surface area contributed by atoms with E-state index in [0.717, 1.165) is 103 Å². The summed E-state index contributed by atoms with van der Waals surface area (Å²) in [4.78, 5) is 38.2. The van der Waals surface area contributed by atoms with Gasteiger partial charge in [0.1, 0.15) is 13.2 Å². The quantitative estimate of drug-likeness (QED) is 0.0261. The molecule has 70 heavy (non-hydrogen) atoms. The molecule has 0 aromatic heterocycles. The number of rotatable bonds is 54. The number of esters is 3. The summed E-state index contributed by atoms with van der Waals surface area (Å²) in [5, 5.41) is 0. The second-order valence-corrected chi connectivity index (χ2v) is 19.9. The minimum absolute atomic E-state index is 0.0881. The van der Waals surface area contributed by atoms with Crippen molar-refractivity contribution in [3.8, 4) is 0 Å². The smallest absolute Gasteiger partial charge is 0.306 e. The molecule has 0 aromatic rings. The Labute approximate surface area is 433 Å². The second kappa shape index (κ2) is 58.4. The van der Waals surface area contributed by atoms with E-state index in [2.05, 4.69) is 93.7 Å². The lowest BCUT2D eigenvalue weighted by Crippen LogP contribution is -2.30. The summed E-state index contributed by atoms with van der Waals surface area (Å²) in [6.45, 7) is 6.51. The highest BCUT2D eigenvalue weighted by Gasteiger charge is 2.19. The third kappa shape index (κ3) is 55.8. The maximum atomic E-state index is 12.9. The third-order valence-corrected chi connectivity index (χ3v) is 12.9. The molecule has 0 heterocycles. The molecule has 0 fully saturated rings. The maximum absolute atomic E-state index is 12.9. The molecule has 0 rings (SSSR count). The van der Waals surface area contributed by atoms with Gasteiger partial charge in [0, 0.05) is 19.3 Å². The van der Waals surface area contributed by atoms with Crippen LogP contribution >= 0.6 is 0 Å². The summed E-state index contributed by atoms with van der Waals surface area (Å²) < 4.78 is 16.9. The molecule has 0 aliphatic rings. The molecule has 0 amide bonds. The van der Waals surface area contributed by atoms with Gasteiger partial charge in [-0.3, -0.25) is 14.4 Å². The zero-order chi connectivity index (χ0) is 50.7. The van der Waals surface area contributed by atoms with Gasteiger partial charge in [0.2, 0.25) is 0 Å². The average molecular weight is 978 g/mol. The van der Waals surface area contributed by atoms with Crippen molar-refractivity contribution in [3.05, 3.63) is 72.9 Å². The molecule has 0 saturated heterocycles. The summed E-state index contributed by atoms with van der Waals surface area (Å²) >= 11 is 0. The predicted octanol–water partition coefficient (Wildman–Crippen LogP) is 20.2. The molecule has 0 N–H and O–H groups in total. The number of hydrogen-bond acceptors (Lipinski definition) is 6. The van der Waals surface area contributed by atoms with E-state index in [1.807, 2.05) is 0 Å². The minimum Gasteiger partial charge on any atom is -0.462 e. The van der Waals surface area contributed by atoms with Gasteiger partial charge in [-0.2, -0.15) is 0 Å². The molecule has 0 unspecified atom stereocenters. The first-order valence-electron chi connectivity index (χ1n) is 29.9. The maximum Gasteiger partial charge on any atom is 0.306 e. The lowest BCUT2D eigenvalue weighted by molar-refractivity contribution is -0.167. The van der Waals surface area contributed by atoms with Gasteiger partial charge in [0.25, 0.3) is 0 Å². The molecule has 0 spiro atoms. The highest BCUT2D eigenvalue weighted by Crippen LogP contribution is 2.16. The molecule has 404 valence electrons. The predicted molar refractivity (Wildman–Crippen MR) is 302 cm³/mol. The lowest BCUT2D eigenvalue weighted by Gasteiger charge is -2.18. The van der Waals surface area contributed by atoms with E-state index in [1.54, 1.807) is 0 Å². The van der Waals surface area contributed by atoms with Crippen LogP contribution in [0.5, 0.6) is 0 Å². The Balaban J connectivity index is 4.41. The molecular formula is C64H112O6. The number of carbonyl (C=O) groups excluding carboxylic acids is 3. The molecule has 6 heteroatoms. The fourth-order valence-corrected chi connectivity index (χ4v) is 8.47. The zero-order valence-electron chi connectivity index (χ0n) is 46.3. The number of ether oxygens (including phenoxy) is 3. The Morgan fingerprint density at radius 1 is 0.300 bits per heavy atom. The molecule has 0 aliphatic carbocycles. The summed E-state index contributed by atoms with van der Waals surface area (Å²) in [5.74, 6) is -0.916. The average Bonchev–Trinajstić information content (AvgIpc) is 3.36. The standard InChI is InChI=1S/C64H112O6/c1-4-7-10-13-16-19-22-25-28-30-32-34-36-39-42-45-48-51-54-57-63(66)69-60-61(59-68-62(65)56-53-50-47-44-41-38-27-24-21-18-15-12-9-6-3)70-64(67)58-55-52-49-46-43-40-37-35-33-31-29-26-23-20-17-14-11-8-5-2/h7,10,16,19,24-25,27-28,32,34,39,42,61H,4-6,8-9,11-15,17-18,20-23,26,29-31,33,35-38,40-41,43-60H2,1-3H3/b10-7+,19-16+,27-24+,28-25+,34-32+,42-39+/t61-/m1/s1. The van der Waals surface area contributed by atoms with Crippen LogP contribution in [0.25, 0.3) is 0 Å². The van der Waals surface area contributed by atoms with Crippen molar-refractivity contribution in [1.29, 1.82) is 0 Å². The van der Waals surface area contributed by atoms with E-state index in [1.165, 1.54) is 154 Å². The molecule has 0 saturated carbocycles. The minimum atomic E-state index is -0.791. The summed E-state index contributed by atoms with van der Waals surface area (Å²) in [5.41, 5.74) is 0. The molecule has 6 nitrogen and oxygen atoms in total. The van der Waals surface area contributed by atoms with Crippen LogP contribution in [0.2, 0.25) is 0 Å². The van der Waals surface area contributed by atoms with Crippen LogP contribution in [0.1, 0.15) is 297 Å². The first kappa shape index (κ1) is 66.9. The van der Waals surface area contributed by atoms with Gasteiger partial charge >= 0.3 is 17.9 Å². The highest BCUT2D eigenvalue weighted by atomic mass is 16.6. The van der Waals surface area contributed by atoms with Crippen LogP contribution in [0.3, 0.4) is 0 Å². The van der Waals surface area contributed by atoms with Crippen molar-refractivity contribution in [3.63, 3.8) is 0 Å². The first-order valence-corrected chi connectivity index (χ1v) is 29.9. The summed E-state index contributed by atoms with van der Waals surface area (Å²) in [6, 6.07) is 0. The van der Waals surface area contributed by atoms with Crippen LogP contribution in [0.15, 0.2) is 72.9 Å². The molecular weight excluding hydrogens is 865 g/mol. The van der Waals surface area contributed by atoms with Gasteiger partial charge in [0.15, 0.2) is 6.10 Å². The number of carbonyl (C=O) groups is 3. The Morgan fingerprint density at radius 3 is 0.900 bits per heavy atom. The topological polar surface area (TPSA) is 78.9 Å². The Morgan fingerprint density at radius 2 is 0.557 bits per heavy atom. The van der Waals surface area contributed by atoms with Crippen LogP contribution < -0.4 is 0 Å². The SMILES string of the molecule is CC/C=C/C/C=C/C/C=C/C/C=C/C/C=C/CCCCCC(=O)OC[C@@H](COC(=O)CCCCCCC/C=C/CCCCCCC)OC(=O)CCCCCCCCCCCCCCCCCCCCC. The monoisotopic (exact) mass is 977 g/mol. The Bertz CT molecular complexity index is 1310. The van der Waals surface area contributed by atoms with Crippen LogP contribution in [-0.2, 0) is 28.6 Å². The normalized spacial score (nSPS) is 12.6. The van der Waals surface area contributed by atoms with Crippen molar-refractivity contribution >= 4 is 17.9 Å². The Hall–Kier alpha value is -3.15. The number of unbranched alkanes of at least 4 members (excludes halogenated alkanes) is 31. The van der Waals surface area contributed by atoms with E-state index < -0.39 is 6.10 Å². The van der Waals surface area contributed by atoms with Crippen molar-refractivity contribution in [1.82, 2.24) is 0 Å². The van der Waals surface area contributed by atoms with Gasteiger partial charge in [-0.1, -0.05) is 261 Å². The number of allylic oxidation sites excluding steroid dienone is 12. The third-order valence-electron chi connectivity index (χ3n) is 12.9. The molecule has 0 bridgehead atoms. The van der Waals surface area contributed by atoms with E-state index in [0.29, 0.717) is 19.3 Å². The summed E-state index contributed by atoms with van der Waals surface area (Å²) in [6.07, 6.45) is 74.7. The van der Waals surface area contributed by atoms with E-state index in [-0.39, 0.29) is 31.1 Å². The molecule has 0 aliphatic heterocycles. The number of hydrogen-bond donors (Lipinski definition) is 0. The van der Waals surface area contributed by atoms with E-state index in [9.17, 15) is 14.4 Å². The van der Waals surface area contributed by atoms with E-state index in [4.69, 9.17) is 14.2 Å². The van der Waals surface area contributed by atoms with E-state index >= 15 is 0 Å². The molecule has 1 atom stereocenters. The van der Waals surface area contributed by atoms with Gasteiger partial charge in [-0.05, 0) is 89.9 Å². The van der Waals surface area contributed by atoms with Crippen molar-refractivity contribution in [2.24, 2.45) is 0 Å². The summed E-state index contributed by atoms with van der Waals surface area (Å²) in [7, 11) is 0. The van der Waals surface area contributed by atoms with Crippen LogP contribution in [0.4, 0.5) is 0 Å². The van der Waals surface area contributed by atoms with Crippen molar-refractivity contribution < 1.29 is 28.6 Å². The fourth-order valence-electron chi connectivity index (χ4n) is 8.47. The molecule has 0 aromatic carbocycles. The van der Waals surface area contributed by atoms with Gasteiger partial charge in [-0.25, -0.2) is 0 Å². The fraction of sp³-hybridized carbons (Fsp3) is 0.766. The largest absolute Gasteiger partial charge is 0.462 e. The Kier molecular flexibility index (Phi) is 55.8. The first-order chi connectivity index (χ1) is 34.5. The zero-order valence-corrected chi connectivity index (χ0v) is 46.3. The van der Waals surface area contributed by atoms with Crippen LogP contribution in [0, 0.1) is 0 Å². The van der Waals surface area contributed by atoms with Crippen LogP contribution in [-0.4, -0.2) is 37.2 Å². The van der Waals surface area contributed by atoms with Gasteiger partial charge in [0.05, 0.1) is 0 Å². The molecule has 0 radical (unpaired) electrons. The highest BCUT2D eigenvalue weighted by molar-refractivity contribution is 5.71. The van der Waals surface area contributed by atoms with Gasteiger partial charge < -0.3 is 14.2 Å².